The van der Waals surface area contributed by atoms with E-state index in [1.165, 1.54) is 64.8 Å². The van der Waals surface area contributed by atoms with E-state index >= 15 is 0 Å². The molecular weight excluding hydrogens is 777 g/mol. The lowest BCUT2D eigenvalue weighted by Gasteiger charge is -2.35. The van der Waals surface area contributed by atoms with E-state index in [0.29, 0.717) is 0 Å². The zero-order valence-electron chi connectivity index (χ0n) is 34.8. The van der Waals surface area contributed by atoms with E-state index in [1.54, 1.807) is 0 Å². The molecule has 0 spiro atoms. The molecule has 0 radical (unpaired) electrons. The van der Waals surface area contributed by atoms with Crippen molar-refractivity contribution < 1.29 is 0 Å². The Labute approximate surface area is 370 Å². The molecule has 11 rings (SSSR count). The van der Waals surface area contributed by atoms with Gasteiger partial charge in [0.15, 0.2) is 8.07 Å². The summed E-state index contributed by atoms with van der Waals surface area (Å²) in [5, 5.41) is 7.97. The number of anilines is 3. The molecule has 1 aromatic heterocycles. The Morgan fingerprint density at radius 1 is 0.254 bits per heavy atom. The molecule has 0 bridgehead atoms. The summed E-state index contributed by atoms with van der Waals surface area (Å²) in [6.07, 6.45) is 0. The van der Waals surface area contributed by atoms with Crippen LogP contribution in [-0.2, 0) is 0 Å². The number of aromatic nitrogens is 1. The maximum Gasteiger partial charge on any atom is 0.179 e. The maximum atomic E-state index is 2.38. The van der Waals surface area contributed by atoms with Crippen molar-refractivity contribution in [2.45, 2.75) is 0 Å². The predicted octanol–water partition coefficient (Wildman–Crippen LogP) is 13.0. The molecule has 1 heterocycles. The van der Waals surface area contributed by atoms with E-state index < -0.39 is 8.07 Å². The van der Waals surface area contributed by atoms with Crippen LogP contribution in [0.1, 0.15) is 0 Å². The van der Waals surface area contributed by atoms with Crippen LogP contribution in [0.15, 0.2) is 267 Å². The number of hydrogen-bond donors (Lipinski definition) is 0. The lowest BCUT2D eigenvalue weighted by molar-refractivity contribution is 1.18. The van der Waals surface area contributed by atoms with Crippen molar-refractivity contribution in [3.63, 3.8) is 0 Å². The van der Waals surface area contributed by atoms with Crippen LogP contribution in [-0.4, -0.2) is 12.6 Å². The normalized spacial score (nSPS) is 11.5. The first-order chi connectivity index (χ1) is 31.3. The van der Waals surface area contributed by atoms with Gasteiger partial charge in [-0.25, -0.2) is 0 Å². The second kappa shape index (κ2) is 16.5. The molecule has 0 aliphatic rings. The summed E-state index contributed by atoms with van der Waals surface area (Å²) in [6.45, 7) is 0. The highest BCUT2D eigenvalue weighted by molar-refractivity contribution is 7.19. The zero-order valence-corrected chi connectivity index (χ0v) is 35.8. The topological polar surface area (TPSA) is 8.17 Å². The van der Waals surface area contributed by atoms with Gasteiger partial charge in [-0.05, 0) is 104 Å². The van der Waals surface area contributed by atoms with E-state index in [0.717, 1.165) is 22.7 Å². The van der Waals surface area contributed by atoms with Crippen molar-refractivity contribution in [1.82, 2.24) is 4.57 Å². The summed E-state index contributed by atoms with van der Waals surface area (Å²) in [7, 11) is -2.68. The van der Waals surface area contributed by atoms with E-state index in [2.05, 4.69) is 276 Å². The first-order valence-electron chi connectivity index (χ1n) is 21.7. The van der Waals surface area contributed by atoms with Gasteiger partial charge >= 0.3 is 0 Å². The van der Waals surface area contributed by atoms with Crippen LogP contribution in [0, 0.1) is 0 Å². The van der Waals surface area contributed by atoms with E-state index in [4.69, 9.17) is 0 Å². The summed E-state index contributed by atoms with van der Waals surface area (Å²) in [6, 6.07) is 97.7. The van der Waals surface area contributed by atoms with Crippen molar-refractivity contribution in [3.05, 3.63) is 267 Å². The quantitative estimate of drug-likeness (QED) is 0.0985. The Morgan fingerprint density at radius 2 is 0.556 bits per heavy atom. The van der Waals surface area contributed by atoms with Gasteiger partial charge in [0.2, 0.25) is 0 Å². The highest BCUT2D eigenvalue weighted by Gasteiger charge is 2.41. The largest absolute Gasteiger partial charge is 0.311 e. The summed E-state index contributed by atoms with van der Waals surface area (Å²) < 4.78 is 2.37. The van der Waals surface area contributed by atoms with Gasteiger partial charge in [-0.3, -0.25) is 0 Å². The first-order valence-corrected chi connectivity index (χ1v) is 23.7. The van der Waals surface area contributed by atoms with Crippen molar-refractivity contribution >= 4 is 67.7 Å². The maximum absolute atomic E-state index is 2.68. The molecule has 2 nitrogen and oxygen atoms in total. The number of nitrogens with zero attached hydrogens (tertiary/aromatic N) is 2. The predicted molar refractivity (Wildman–Crippen MR) is 270 cm³/mol. The van der Waals surface area contributed by atoms with Crippen LogP contribution in [0.25, 0.3) is 49.7 Å². The number of hydrogen-bond acceptors (Lipinski definition) is 1. The van der Waals surface area contributed by atoms with E-state index in [-0.39, 0.29) is 0 Å². The third kappa shape index (κ3) is 6.86. The van der Waals surface area contributed by atoms with Crippen molar-refractivity contribution in [2.75, 3.05) is 4.90 Å². The SMILES string of the molecule is c1ccc(-c2ccc(N(c3ccc(-c4ccc(-n5c6ccccc6c6ccccc65)cc4)cc3)c3ccc([Si](c4ccccc4)(c4ccccc4)c4ccccc4)cc3)cc2)cc1. The second-order valence-electron chi connectivity index (χ2n) is 16.1. The van der Waals surface area contributed by atoms with Gasteiger partial charge in [-0.15, -0.1) is 0 Å². The monoisotopic (exact) mass is 820 g/mol. The molecule has 298 valence electrons. The Balaban J connectivity index is 0.987. The second-order valence-corrected chi connectivity index (χ2v) is 19.9. The third-order valence-electron chi connectivity index (χ3n) is 12.6. The molecule has 0 fully saturated rings. The Hall–Kier alpha value is -7.98. The fourth-order valence-corrected chi connectivity index (χ4v) is 14.4. The summed E-state index contributed by atoms with van der Waals surface area (Å²) in [5.41, 5.74) is 11.6. The Morgan fingerprint density at radius 3 is 0.968 bits per heavy atom. The average molecular weight is 821 g/mol. The minimum absolute atomic E-state index is 1.10. The first kappa shape index (κ1) is 38.0. The molecule has 0 aliphatic heterocycles. The summed E-state index contributed by atoms with van der Waals surface area (Å²) >= 11 is 0. The summed E-state index contributed by atoms with van der Waals surface area (Å²) in [5.74, 6) is 0. The molecule has 0 amide bonds. The molecule has 3 heteroatoms. The van der Waals surface area contributed by atoms with Gasteiger partial charge < -0.3 is 9.47 Å². The molecule has 0 saturated carbocycles. The Bertz CT molecular complexity index is 3120. The molecule has 0 N–H and O–H groups in total. The minimum atomic E-state index is -2.68. The summed E-state index contributed by atoms with van der Waals surface area (Å²) in [4.78, 5) is 2.38. The number of rotatable bonds is 10. The van der Waals surface area contributed by atoms with Crippen molar-refractivity contribution in [3.8, 4) is 27.9 Å². The lowest BCUT2D eigenvalue weighted by Crippen LogP contribution is -2.74. The molecule has 0 unspecified atom stereocenters. The lowest BCUT2D eigenvalue weighted by atomic mass is 10.0. The fourth-order valence-electron chi connectivity index (χ4n) is 9.61. The molecule has 0 aliphatic carbocycles. The van der Waals surface area contributed by atoms with Crippen molar-refractivity contribution in [1.29, 1.82) is 0 Å². The number of para-hydroxylation sites is 2. The smallest absolute Gasteiger partial charge is 0.179 e. The minimum Gasteiger partial charge on any atom is -0.311 e. The van der Waals surface area contributed by atoms with Gasteiger partial charge in [0, 0.05) is 33.5 Å². The van der Waals surface area contributed by atoms with Crippen LogP contribution in [0.2, 0.25) is 0 Å². The van der Waals surface area contributed by atoms with Crippen LogP contribution >= 0.6 is 0 Å². The average Bonchev–Trinajstić information content (AvgIpc) is 3.71. The van der Waals surface area contributed by atoms with Gasteiger partial charge in [-0.2, -0.15) is 0 Å². The van der Waals surface area contributed by atoms with E-state index in [9.17, 15) is 0 Å². The molecule has 0 atom stereocenters. The standard InChI is InChI=1S/C60H44N2Si/c1-5-17-45(18-6-1)46-29-35-49(36-30-46)61(51-41-43-56(44-42-51)63(53-19-7-2-8-20-53,54-21-9-3-10-22-54)55-23-11-4-12-24-55)50-37-31-47(32-38-50)48-33-39-52(40-34-48)62-59-27-15-13-25-57(59)58-26-14-16-28-60(58)62/h1-44H. The van der Waals surface area contributed by atoms with Crippen molar-refractivity contribution in [2.24, 2.45) is 0 Å². The molecule has 0 saturated heterocycles. The van der Waals surface area contributed by atoms with Crippen LogP contribution in [0.5, 0.6) is 0 Å². The van der Waals surface area contributed by atoms with Gasteiger partial charge in [0.1, 0.15) is 0 Å². The molecule has 10 aromatic carbocycles. The van der Waals surface area contributed by atoms with Gasteiger partial charge in [0.05, 0.1) is 11.0 Å². The molecular formula is C60H44N2Si. The highest BCUT2D eigenvalue weighted by Crippen LogP contribution is 2.37. The highest BCUT2D eigenvalue weighted by atomic mass is 28.3. The Kier molecular flexibility index (Phi) is 9.93. The van der Waals surface area contributed by atoms with Gasteiger partial charge in [0.25, 0.3) is 0 Å². The molecule has 63 heavy (non-hydrogen) atoms. The third-order valence-corrected chi connectivity index (χ3v) is 17.4. The fraction of sp³-hybridized carbons (Fsp3) is 0. The van der Waals surface area contributed by atoms with Crippen LogP contribution in [0.4, 0.5) is 17.1 Å². The molecule has 11 aromatic rings. The van der Waals surface area contributed by atoms with Crippen LogP contribution in [0.3, 0.4) is 0 Å². The number of benzene rings is 10. The van der Waals surface area contributed by atoms with Crippen LogP contribution < -0.4 is 25.6 Å². The zero-order chi connectivity index (χ0) is 42.0. The van der Waals surface area contributed by atoms with E-state index in [1.807, 2.05) is 0 Å². The number of fused-ring (bicyclic) bond motifs is 3. The van der Waals surface area contributed by atoms with Gasteiger partial charge in [-0.1, -0.05) is 206 Å².